The molecular formula is C25H27N7O3. The molecule has 1 amide bonds. The van der Waals surface area contributed by atoms with Crippen LogP contribution in [0.2, 0.25) is 0 Å². The number of rotatable bonds is 7. The summed E-state index contributed by atoms with van der Waals surface area (Å²) in [6.45, 7) is 1.21. The molecule has 0 spiro atoms. The number of ether oxygens (including phenoxy) is 1. The van der Waals surface area contributed by atoms with Gasteiger partial charge in [-0.1, -0.05) is 19.3 Å². The molecule has 0 atom stereocenters. The summed E-state index contributed by atoms with van der Waals surface area (Å²) in [5, 5.41) is 12.9. The number of amides is 1. The van der Waals surface area contributed by atoms with Gasteiger partial charge in [-0.2, -0.15) is 5.10 Å². The SMILES string of the molecule is O=C(NCCNC1CCCCC1)Oc1ccc2[nH]c(-c3cc(-c4ccncc4)n[nH]c3=O)nc2c1. The molecule has 1 aromatic carbocycles. The van der Waals surface area contributed by atoms with Crippen LogP contribution in [0.15, 0.2) is 53.6 Å². The summed E-state index contributed by atoms with van der Waals surface area (Å²) < 4.78 is 5.41. The minimum atomic E-state index is -0.516. The van der Waals surface area contributed by atoms with Crippen molar-refractivity contribution < 1.29 is 9.53 Å². The molecule has 180 valence electrons. The summed E-state index contributed by atoms with van der Waals surface area (Å²) in [6.07, 6.45) is 9.06. The molecular weight excluding hydrogens is 446 g/mol. The second-order valence-corrected chi connectivity index (χ2v) is 8.60. The van der Waals surface area contributed by atoms with Crippen LogP contribution in [0.4, 0.5) is 4.79 Å². The Kier molecular flexibility index (Phi) is 6.80. The molecule has 1 saturated carbocycles. The number of pyridine rings is 1. The van der Waals surface area contributed by atoms with E-state index in [1.807, 2.05) is 12.1 Å². The molecule has 4 aromatic rings. The van der Waals surface area contributed by atoms with Gasteiger partial charge >= 0.3 is 6.09 Å². The molecule has 0 bridgehead atoms. The highest BCUT2D eigenvalue weighted by molar-refractivity contribution is 5.82. The van der Waals surface area contributed by atoms with E-state index in [0.717, 1.165) is 5.56 Å². The van der Waals surface area contributed by atoms with Gasteiger partial charge in [-0.25, -0.2) is 14.9 Å². The van der Waals surface area contributed by atoms with Gasteiger partial charge in [0.1, 0.15) is 11.6 Å². The Morgan fingerprint density at radius 2 is 1.89 bits per heavy atom. The number of aromatic nitrogens is 5. The number of fused-ring (bicyclic) bond motifs is 1. The smallest absolute Gasteiger partial charge is 0.410 e. The lowest BCUT2D eigenvalue weighted by atomic mass is 9.95. The van der Waals surface area contributed by atoms with Gasteiger partial charge in [0.05, 0.1) is 22.3 Å². The maximum atomic E-state index is 12.4. The van der Waals surface area contributed by atoms with E-state index < -0.39 is 6.09 Å². The van der Waals surface area contributed by atoms with Crippen molar-refractivity contribution >= 4 is 17.1 Å². The number of H-pyrrole nitrogens is 2. The van der Waals surface area contributed by atoms with Crippen LogP contribution in [-0.2, 0) is 0 Å². The van der Waals surface area contributed by atoms with Crippen LogP contribution in [0, 0.1) is 0 Å². The molecule has 3 aromatic heterocycles. The number of nitrogens with zero attached hydrogens (tertiary/aromatic N) is 3. The Morgan fingerprint density at radius 1 is 1.06 bits per heavy atom. The van der Waals surface area contributed by atoms with Gasteiger partial charge in [0, 0.05) is 43.2 Å². The van der Waals surface area contributed by atoms with Crippen molar-refractivity contribution in [3.8, 4) is 28.4 Å². The number of carbonyl (C=O) groups excluding carboxylic acids is 1. The Hall–Kier alpha value is -4.05. The van der Waals surface area contributed by atoms with Crippen LogP contribution in [0.1, 0.15) is 32.1 Å². The minimum Gasteiger partial charge on any atom is -0.410 e. The van der Waals surface area contributed by atoms with Gasteiger partial charge in [0.25, 0.3) is 5.56 Å². The first-order valence-corrected chi connectivity index (χ1v) is 11.8. The highest BCUT2D eigenvalue weighted by Crippen LogP contribution is 2.24. The first-order chi connectivity index (χ1) is 17.2. The zero-order valence-corrected chi connectivity index (χ0v) is 19.2. The number of carbonyl (C=O) groups is 1. The van der Waals surface area contributed by atoms with Crippen molar-refractivity contribution in [2.24, 2.45) is 0 Å². The molecule has 4 N–H and O–H groups in total. The van der Waals surface area contributed by atoms with Gasteiger partial charge in [-0.3, -0.25) is 9.78 Å². The van der Waals surface area contributed by atoms with Crippen LogP contribution < -0.4 is 20.9 Å². The second kappa shape index (κ2) is 10.5. The Bertz CT molecular complexity index is 1360. The molecule has 0 aliphatic heterocycles. The van der Waals surface area contributed by atoms with Crippen molar-refractivity contribution in [2.75, 3.05) is 13.1 Å². The maximum Gasteiger partial charge on any atom is 0.412 e. The molecule has 0 saturated heterocycles. The third kappa shape index (κ3) is 5.55. The fourth-order valence-corrected chi connectivity index (χ4v) is 4.32. The van der Waals surface area contributed by atoms with Gasteiger partial charge in [-0.15, -0.1) is 0 Å². The van der Waals surface area contributed by atoms with Crippen molar-refractivity contribution in [3.05, 3.63) is 59.1 Å². The number of imidazole rings is 1. The van der Waals surface area contributed by atoms with E-state index in [0.29, 0.717) is 53.0 Å². The monoisotopic (exact) mass is 473 g/mol. The van der Waals surface area contributed by atoms with Crippen LogP contribution in [-0.4, -0.2) is 50.4 Å². The Morgan fingerprint density at radius 3 is 2.71 bits per heavy atom. The maximum absolute atomic E-state index is 12.4. The zero-order chi connectivity index (χ0) is 24.0. The van der Waals surface area contributed by atoms with E-state index in [4.69, 9.17) is 4.74 Å². The zero-order valence-electron chi connectivity index (χ0n) is 19.2. The number of hydrogen-bond acceptors (Lipinski definition) is 7. The summed E-state index contributed by atoms with van der Waals surface area (Å²) in [4.78, 5) is 36.3. The summed E-state index contributed by atoms with van der Waals surface area (Å²) in [5.74, 6) is 0.767. The number of hydrogen-bond donors (Lipinski definition) is 4. The van der Waals surface area contributed by atoms with Crippen molar-refractivity contribution in [2.45, 2.75) is 38.1 Å². The van der Waals surface area contributed by atoms with E-state index in [9.17, 15) is 9.59 Å². The Labute approximate surface area is 201 Å². The van der Waals surface area contributed by atoms with Crippen LogP contribution in [0.5, 0.6) is 5.75 Å². The number of nitrogens with one attached hydrogen (secondary N) is 4. The van der Waals surface area contributed by atoms with E-state index in [1.54, 1.807) is 36.7 Å². The van der Waals surface area contributed by atoms with Gasteiger partial charge in [0.15, 0.2) is 0 Å². The summed E-state index contributed by atoms with van der Waals surface area (Å²) >= 11 is 0. The van der Waals surface area contributed by atoms with Crippen molar-refractivity contribution in [3.63, 3.8) is 0 Å². The fraction of sp³-hybridized carbons (Fsp3) is 0.320. The third-order valence-electron chi connectivity index (χ3n) is 6.13. The normalized spacial score (nSPS) is 14.2. The lowest BCUT2D eigenvalue weighted by Gasteiger charge is -2.22. The minimum absolute atomic E-state index is 0.355. The summed E-state index contributed by atoms with van der Waals surface area (Å²) in [6, 6.07) is 11.0. The highest BCUT2D eigenvalue weighted by atomic mass is 16.6. The molecule has 1 aliphatic rings. The van der Waals surface area contributed by atoms with Crippen LogP contribution in [0.3, 0.4) is 0 Å². The molecule has 0 unspecified atom stereocenters. The molecule has 10 nitrogen and oxygen atoms in total. The van der Waals surface area contributed by atoms with Gasteiger partial charge in [0.2, 0.25) is 0 Å². The lowest BCUT2D eigenvalue weighted by Crippen LogP contribution is -2.38. The molecule has 1 fully saturated rings. The molecule has 10 heteroatoms. The average Bonchev–Trinajstić information content (AvgIpc) is 3.31. The van der Waals surface area contributed by atoms with Crippen molar-refractivity contribution in [1.29, 1.82) is 0 Å². The molecule has 1 aliphatic carbocycles. The predicted molar refractivity (Wildman–Crippen MR) is 132 cm³/mol. The number of aromatic amines is 2. The van der Waals surface area contributed by atoms with Crippen molar-refractivity contribution in [1.82, 2.24) is 35.8 Å². The summed E-state index contributed by atoms with van der Waals surface area (Å²) in [7, 11) is 0. The predicted octanol–water partition coefficient (Wildman–Crippen LogP) is 3.39. The largest absolute Gasteiger partial charge is 0.412 e. The first-order valence-electron chi connectivity index (χ1n) is 11.8. The van der Waals surface area contributed by atoms with Crippen LogP contribution in [0.25, 0.3) is 33.7 Å². The van der Waals surface area contributed by atoms with E-state index in [-0.39, 0.29) is 5.56 Å². The lowest BCUT2D eigenvalue weighted by molar-refractivity contribution is 0.200. The molecule has 35 heavy (non-hydrogen) atoms. The standard InChI is InChI=1S/C25H27N7O3/c33-24-19(15-21(31-32-24)16-8-10-26-11-9-16)23-29-20-7-6-18(14-22(20)30-23)35-25(34)28-13-12-27-17-4-2-1-3-5-17/h6-11,14-15,17,27H,1-5,12-13H2,(H,28,34)(H,29,30)(H,32,33). The van der Waals surface area contributed by atoms with Gasteiger partial charge < -0.3 is 20.4 Å². The molecule has 3 heterocycles. The number of benzene rings is 1. The van der Waals surface area contributed by atoms with Gasteiger partial charge in [-0.05, 0) is 43.2 Å². The van der Waals surface area contributed by atoms with Crippen LogP contribution >= 0.6 is 0 Å². The topological polar surface area (TPSA) is 138 Å². The average molecular weight is 474 g/mol. The highest BCUT2D eigenvalue weighted by Gasteiger charge is 2.14. The Balaban J connectivity index is 1.24. The van der Waals surface area contributed by atoms with E-state index in [1.165, 1.54) is 32.1 Å². The fourth-order valence-electron chi connectivity index (χ4n) is 4.32. The quantitative estimate of drug-likeness (QED) is 0.302. The second-order valence-electron chi connectivity index (χ2n) is 8.60. The first kappa shape index (κ1) is 22.7. The summed E-state index contributed by atoms with van der Waals surface area (Å²) in [5.41, 5.74) is 2.70. The van der Waals surface area contributed by atoms with E-state index >= 15 is 0 Å². The molecule has 5 rings (SSSR count). The third-order valence-corrected chi connectivity index (χ3v) is 6.13. The van der Waals surface area contributed by atoms with E-state index in [2.05, 4.69) is 35.8 Å². The molecule has 0 radical (unpaired) electrons.